The van der Waals surface area contributed by atoms with Crippen molar-refractivity contribution in [2.24, 2.45) is 5.92 Å². The Morgan fingerprint density at radius 3 is 3.25 bits per heavy atom. The van der Waals surface area contributed by atoms with Crippen molar-refractivity contribution >= 4 is 11.2 Å². The summed E-state index contributed by atoms with van der Waals surface area (Å²) >= 11 is 0. The van der Waals surface area contributed by atoms with Crippen LogP contribution in [-0.4, -0.2) is 41.3 Å². The molecule has 1 aliphatic rings. The Bertz CT molecular complexity index is 560. The first-order valence-electron chi connectivity index (χ1n) is 7.38. The lowest BCUT2D eigenvalue weighted by molar-refractivity contribution is 0.194. The molecule has 0 aromatic carbocycles. The van der Waals surface area contributed by atoms with Crippen molar-refractivity contribution in [1.29, 1.82) is 0 Å². The van der Waals surface area contributed by atoms with E-state index in [-0.39, 0.29) is 0 Å². The van der Waals surface area contributed by atoms with Crippen LogP contribution >= 0.6 is 0 Å². The van der Waals surface area contributed by atoms with Crippen molar-refractivity contribution < 1.29 is 4.74 Å². The molecule has 1 atom stereocenters. The molecule has 0 aliphatic carbocycles. The number of pyridine rings is 1. The summed E-state index contributed by atoms with van der Waals surface area (Å²) in [6.45, 7) is 4.03. The maximum atomic E-state index is 5.15. The molecule has 0 saturated carbocycles. The van der Waals surface area contributed by atoms with Crippen LogP contribution in [0.3, 0.4) is 0 Å². The molecule has 0 radical (unpaired) electrons. The summed E-state index contributed by atoms with van der Waals surface area (Å²) in [6, 6.07) is 4.00. The second-order valence-electron chi connectivity index (χ2n) is 5.44. The lowest BCUT2D eigenvalue weighted by Gasteiger charge is -2.13. The Balaban J connectivity index is 1.86. The van der Waals surface area contributed by atoms with Crippen LogP contribution in [0, 0.1) is 5.92 Å². The number of nitrogens with one attached hydrogen (secondary N) is 1. The first-order valence-corrected chi connectivity index (χ1v) is 7.38. The molecule has 20 heavy (non-hydrogen) atoms. The van der Waals surface area contributed by atoms with Crippen molar-refractivity contribution in [3.05, 3.63) is 24.2 Å². The van der Waals surface area contributed by atoms with E-state index < -0.39 is 0 Å². The van der Waals surface area contributed by atoms with Crippen LogP contribution < -0.4 is 5.32 Å². The second-order valence-corrected chi connectivity index (χ2v) is 5.44. The molecule has 0 bridgehead atoms. The SMILES string of the molecule is COCCCc1nc2cccnc2n1CC1CCNC1. The van der Waals surface area contributed by atoms with Crippen molar-refractivity contribution in [1.82, 2.24) is 19.9 Å². The molecular formula is C15H22N4O. The van der Waals surface area contributed by atoms with Crippen molar-refractivity contribution in [3.8, 4) is 0 Å². The highest BCUT2D eigenvalue weighted by Crippen LogP contribution is 2.19. The minimum Gasteiger partial charge on any atom is -0.385 e. The summed E-state index contributed by atoms with van der Waals surface area (Å²) in [5.74, 6) is 1.83. The monoisotopic (exact) mass is 274 g/mol. The Kier molecular flexibility index (Phi) is 4.28. The van der Waals surface area contributed by atoms with Gasteiger partial charge in [-0.1, -0.05) is 0 Å². The van der Waals surface area contributed by atoms with Gasteiger partial charge in [-0.3, -0.25) is 0 Å². The van der Waals surface area contributed by atoms with Gasteiger partial charge < -0.3 is 14.6 Å². The predicted octanol–water partition coefficient (Wildman–Crippen LogP) is 1.62. The lowest BCUT2D eigenvalue weighted by atomic mass is 10.1. The highest BCUT2D eigenvalue weighted by atomic mass is 16.5. The number of nitrogens with zero attached hydrogens (tertiary/aromatic N) is 3. The molecule has 0 spiro atoms. The molecule has 2 aromatic heterocycles. The van der Waals surface area contributed by atoms with Gasteiger partial charge in [0.05, 0.1) is 0 Å². The van der Waals surface area contributed by atoms with Crippen LogP contribution in [0.5, 0.6) is 0 Å². The number of methoxy groups -OCH3 is 1. The van der Waals surface area contributed by atoms with Gasteiger partial charge in [-0.05, 0) is 44.0 Å². The molecule has 1 unspecified atom stereocenters. The van der Waals surface area contributed by atoms with E-state index in [2.05, 4.69) is 14.9 Å². The number of aryl methyl sites for hydroxylation is 1. The molecule has 1 aliphatic heterocycles. The number of hydrogen-bond donors (Lipinski definition) is 1. The molecule has 108 valence electrons. The number of ether oxygens (including phenoxy) is 1. The topological polar surface area (TPSA) is 52.0 Å². The van der Waals surface area contributed by atoms with Crippen LogP contribution in [0.15, 0.2) is 18.3 Å². The summed E-state index contributed by atoms with van der Waals surface area (Å²) in [4.78, 5) is 9.27. The van der Waals surface area contributed by atoms with E-state index in [1.807, 2.05) is 18.3 Å². The molecule has 0 amide bonds. The molecule has 5 nitrogen and oxygen atoms in total. The van der Waals surface area contributed by atoms with Crippen LogP contribution in [0.25, 0.3) is 11.2 Å². The third-order valence-corrected chi connectivity index (χ3v) is 3.93. The Hall–Kier alpha value is -1.46. The number of rotatable bonds is 6. The fourth-order valence-corrected chi connectivity index (χ4v) is 2.89. The van der Waals surface area contributed by atoms with Gasteiger partial charge in [0.25, 0.3) is 0 Å². The Labute approximate surface area is 119 Å². The molecule has 5 heteroatoms. The zero-order chi connectivity index (χ0) is 13.8. The molecule has 1 saturated heterocycles. The van der Waals surface area contributed by atoms with E-state index in [0.29, 0.717) is 5.92 Å². The fourth-order valence-electron chi connectivity index (χ4n) is 2.89. The minimum atomic E-state index is 0.690. The van der Waals surface area contributed by atoms with Gasteiger partial charge in [0.15, 0.2) is 5.65 Å². The quantitative estimate of drug-likeness (QED) is 0.813. The maximum absolute atomic E-state index is 5.15. The van der Waals surface area contributed by atoms with Gasteiger partial charge in [0, 0.05) is 32.9 Å². The molecule has 3 heterocycles. The van der Waals surface area contributed by atoms with Gasteiger partial charge in [0.2, 0.25) is 0 Å². The standard InChI is InChI=1S/C15H22N4O/c1-20-9-3-5-14-18-13-4-2-7-17-15(13)19(14)11-12-6-8-16-10-12/h2,4,7,12,16H,3,5-6,8-11H2,1H3. The summed E-state index contributed by atoms with van der Waals surface area (Å²) < 4.78 is 7.46. The van der Waals surface area contributed by atoms with Crippen molar-refractivity contribution in [2.75, 3.05) is 26.8 Å². The van der Waals surface area contributed by atoms with E-state index in [1.165, 1.54) is 6.42 Å². The van der Waals surface area contributed by atoms with Gasteiger partial charge >= 0.3 is 0 Å². The van der Waals surface area contributed by atoms with Gasteiger partial charge in [-0.25, -0.2) is 9.97 Å². The number of hydrogen-bond acceptors (Lipinski definition) is 4. The third-order valence-electron chi connectivity index (χ3n) is 3.93. The first kappa shape index (κ1) is 13.5. The van der Waals surface area contributed by atoms with E-state index in [1.54, 1.807) is 7.11 Å². The van der Waals surface area contributed by atoms with Gasteiger partial charge in [-0.15, -0.1) is 0 Å². The zero-order valence-corrected chi connectivity index (χ0v) is 12.0. The van der Waals surface area contributed by atoms with E-state index in [0.717, 1.165) is 56.1 Å². The second kappa shape index (κ2) is 6.33. The van der Waals surface area contributed by atoms with Crippen LogP contribution in [0.4, 0.5) is 0 Å². The Morgan fingerprint density at radius 2 is 2.45 bits per heavy atom. The average Bonchev–Trinajstić information content (AvgIpc) is 3.09. The maximum Gasteiger partial charge on any atom is 0.159 e. The predicted molar refractivity (Wildman–Crippen MR) is 78.7 cm³/mol. The van der Waals surface area contributed by atoms with Gasteiger partial charge in [0.1, 0.15) is 11.3 Å². The van der Waals surface area contributed by atoms with Crippen molar-refractivity contribution in [2.45, 2.75) is 25.8 Å². The number of fused-ring (bicyclic) bond motifs is 1. The summed E-state index contributed by atoms with van der Waals surface area (Å²) in [5, 5.41) is 3.43. The highest BCUT2D eigenvalue weighted by Gasteiger charge is 2.19. The molecule has 1 N–H and O–H groups in total. The average molecular weight is 274 g/mol. The number of imidazole rings is 1. The summed E-state index contributed by atoms with van der Waals surface area (Å²) in [5.41, 5.74) is 2.03. The fraction of sp³-hybridized carbons (Fsp3) is 0.600. The van der Waals surface area contributed by atoms with Crippen molar-refractivity contribution in [3.63, 3.8) is 0 Å². The minimum absolute atomic E-state index is 0.690. The van der Waals surface area contributed by atoms with Crippen LogP contribution in [0.2, 0.25) is 0 Å². The lowest BCUT2D eigenvalue weighted by Crippen LogP contribution is -2.16. The van der Waals surface area contributed by atoms with Crippen LogP contribution in [-0.2, 0) is 17.7 Å². The molecular weight excluding hydrogens is 252 g/mol. The summed E-state index contributed by atoms with van der Waals surface area (Å²) in [6.07, 6.45) is 5.05. The van der Waals surface area contributed by atoms with E-state index in [9.17, 15) is 0 Å². The molecule has 1 fully saturated rings. The first-order chi connectivity index (χ1) is 9.88. The van der Waals surface area contributed by atoms with E-state index in [4.69, 9.17) is 9.72 Å². The van der Waals surface area contributed by atoms with Gasteiger partial charge in [-0.2, -0.15) is 0 Å². The molecule has 2 aromatic rings. The van der Waals surface area contributed by atoms with E-state index >= 15 is 0 Å². The molecule has 3 rings (SSSR count). The zero-order valence-electron chi connectivity index (χ0n) is 12.0. The summed E-state index contributed by atoms with van der Waals surface area (Å²) in [7, 11) is 1.74. The Morgan fingerprint density at radius 1 is 1.50 bits per heavy atom. The highest BCUT2D eigenvalue weighted by molar-refractivity contribution is 5.71. The normalized spacial score (nSPS) is 18.9. The number of aromatic nitrogens is 3. The third kappa shape index (κ3) is 2.83. The smallest absolute Gasteiger partial charge is 0.159 e. The van der Waals surface area contributed by atoms with Crippen LogP contribution in [0.1, 0.15) is 18.7 Å². The largest absolute Gasteiger partial charge is 0.385 e.